The molecule has 28 heavy (non-hydrogen) atoms. The monoisotopic (exact) mass is 382 g/mol. The van der Waals surface area contributed by atoms with Gasteiger partial charge in [-0.05, 0) is 49.2 Å². The number of carbonyl (C=O) groups is 3. The lowest BCUT2D eigenvalue weighted by molar-refractivity contribution is -0.136. The van der Waals surface area contributed by atoms with Crippen LogP contribution < -0.4 is 15.4 Å². The molecule has 2 aromatic rings. The van der Waals surface area contributed by atoms with Crippen molar-refractivity contribution in [3.63, 3.8) is 0 Å². The summed E-state index contributed by atoms with van der Waals surface area (Å²) in [4.78, 5) is 36.4. The van der Waals surface area contributed by atoms with E-state index in [9.17, 15) is 14.4 Å². The van der Waals surface area contributed by atoms with Gasteiger partial charge in [-0.3, -0.25) is 14.4 Å². The molecule has 0 saturated heterocycles. The summed E-state index contributed by atoms with van der Waals surface area (Å²) in [6, 6.07) is 16.4. The zero-order valence-corrected chi connectivity index (χ0v) is 16.1. The van der Waals surface area contributed by atoms with Crippen LogP contribution in [0.5, 0.6) is 11.5 Å². The zero-order chi connectivity index (χ0) is 20.4. The number of benzene rings is 2. The average Bonchev–Trinajstić information content (AvgIpc) is 2.70. The Bertz CT molecular complexity index is 788. The molecule has 2 rings (SSSR count). The number of Topliss-reactive ketones (excluding diaryl/α,β-unsaturated/α-hetero) is 1. The predicted molar refractivity (Wildman–Crippen MR) is 108 cm³/mol. The molecule has 0 saturated carbocycles. The lowest BCUT2D eigenvalue weighted by Crippen LogP contribution is -2.33. The summed E-state index contributed by atoms with van der Waals surface area (Å²) in [5, 5.41) is 0. The first-order valence-corrected chi connectivity index (χ1v) is 9.39. The van der Waals surface area contributed by atoms with Crippen molar-refractivity contribution >= 4 is 23.3 Å². The predicted octanol–water partition coefficient (Wildman–Crippen LogP) is 3.84. The zero-order valence-electron chi connectivity index (χ0n) is 16.1. The molecule has 0 aromatic heterocycles. The van der Waals surface area contributed by atoms with Gasteiger partial charge in [-0.2, -0.15) is 0 Å². The summed E-state index contributed by atoms with van der Waals surface area (Å²) in [5.41, 5.74) is 5.71. The molecule has 6 nitrogen and oxygen atoms in total. The van der Waals surface area contributed by atoms with Gasteiger partial charge in [0.15, 0.2) is 0 Å². The number of anilines is 1. The van der Waals surface area contributed by atoms with Crippen molar-refractivity contribution < 1.29 is 19.1 Å². The number of likely N-dealkylation sites (N-methyl/N-ethyl adjacent to an activating group) is 1. The number of ketones is 1. The second kappa shape index (κ2) is 10.9. The Morgan fingerprint density at radius 1 is 0.821 bits per heavy atom. The first-order valence-electron chi connectivity index (χ1n) is 9.39. The third-order valence-electron chi connectivity index (χ3n) is 4.32. The summed E-state index contributed by atoms with van der Waals surface area (Å²) < 4.78 is 5.72. The quantitative estimate of drug-likeness (QED) is 0.472. The van der Waals surface area contributed by atoms with Crippen LogP contribution in [-0.2, 0) is 14.4 Å². The maximum Gasteiger partial charge on any atom is 0.294 e. The summed E-state index contributed by atoms with van der Waals surface area (Å²) in [6.45, 7) is 0. The molecule has 0 atom stereocenters. The van der Waals surface area contributed by atoms with E-state index in [-0.39, 0.29) is 12.3 Å². The fourth-order valence-corrected chi connectivity index (χ4v) is 2.71. The van der Waals surface area contributed by atoms with E-state index in [2.05, 4.69) is 0 Å². The largest absolute Gasteiger partial charge is 0.457 e. The maximum absolute atomic E-state index is 12.3. The molecule has 2 N–H and O–H groups in total. The summed E-state index contributed by atoms with van der Waals surface area (Å²) in [7, 11) is 1.58. The Hall–Kier alpha value is -3.15. The fraction of sp³-hybridized carbons (Fsp3) is 0.318. The van der Waals surface area contributed by atoms with Crippen LogP contribution in [0.3, 0.4) is 0 Å². The van der Waals surface area contributed by atoms with Crippen LogP contribution in [0.25, 0.3) is 0 Å². The van der Waals surface area contributed by atoms with Gasteiger partial charge in [0, 0.05) is 25.6 Å². The second-order valence-electron chi connectivity index (χ2n) is 6.58. The fourth-order valence-electron chi connectivity index (χ4n) is 2.71. The molecule has 6 heteroatoms. The Balaban J connectivity index is 1.80. The van der Waals surface area contributed by atoms with Gasteiger partial charge >= 0.3 is 0 Å². The number of carbonyl (C=O) groups excluding carboxylic acids is 3. The number of para-hydroxylation sites is 1. The van der Waals surface area contributed by atoms with E-state index in [1.165, 1.54) is 4.90 Å². The van der Waals surface area contributed by atoms with Crippen molar-refractivity contribution in [1.29, 1.82) is 0 Å². The molecule has 0 bridgehead atoms. The number of rotatable bonds is 11. The molecular formula is C22H26N2O4. The molecule has 2 aromatic carbocycles. The van der Waals surface area contributed by atoms with Crippen LogP contribution in [0.2, 0.25) is 0 Å². The smallest absolute Gasteiger partial charge is 0.294 e. The van der Waals surface area contributed by atoms with Crippen molar-refractivity contribution in [1.82, 2.24) is 0 Å². The second-order valence-corrected chi connectivity index (χ2v) is 6.58. The number of primary amides is 1. The van der Waals surface area contributed by atoms with Crippen LogP contribution in [0, 0.1) is 0 Å². The van der Waals surface area contributed by atoms with Crippen LogP contribution in [-0.4, -0.2) is 24.6 Å². The highest BCUT2D eigenvalue weighted by molar-refractivity contribution is 6.41. The SMILES string of the molecule is CN(C(=O)C(=O)CCCCCCC(N)=O)c1ccc(Oc2ccccc2)cc1. The molecule has 0 fully saturated rings. The third kappa shape index (κ3) is 6.87. The van der Waals surface area contributed by atoms with E-state index in [0.29, 0.717) is 24.3 Å². The molecule has 0 aliphatic rings. The average molecular weight is 382 g/mol. The van der Waals surface area contributed by atoms with E-state index in [4.69, 9.17) is 10.5 Å². The molecule has 0 spiro atoms. The van der Waals surface area contributed by atoms with E-state index < -0.39 is 11.7 Å². The van der Waals surface area contributed by atoms with E-state index in [1.807, 2.05) is 30.3 Å². The molecule has 0 unspecified atom stereocenters. The highest BCUT2D eigenvalue weighted by Gasteiger charge is 2.19. The Morgan fingerprint density at radius 3 is 2.00 bits per heavy atom. The van der Waals surface area contributed by atoms with Gasteiger partial charge in [-0.1, -0.05) is 31.0 Å². The van der Waals surface area contributed by atoms with Crippen molar-refractivity contribution in [2.24, 2.45) is 5.73 Å². The third-order valence-corrected chi connectivity index (χ3v) is 4.32. The number of unbranched alkanes of at least 4 members (excludes halogenated alkanes) is 3. The van der Waals surface area contributed by atoms with Crippen molar-refractivity contribution in [3.8, 4) is 11.5 Å². The first-order chi connectivity index (χ1) is 13.5. The molecular weight excluding hydrogens is 356 g/mol. The highest BCUT2D eigenvalue weighted by atomic mass is 16.5. The van der Waals surface area contributed by atoms with Crippen LogP contribution in [0.15, 0.2) is 54.6 Å². The maximum atomic E-state index is 12.3. The van der Waals surface area contributed by atoms with Crippen LogP contribution >= 0.6 is 0 Å². The van der Waals surface area contributed by atoms with Gasteiger partial charge in [0.25, 0.3) is 5.91 Å². The van der Waals surface area contributed by atoms with Crippen molar-refractivity contribution in [2.45, 2.75) is 38.5 Å². The summed E-state index contributed by atoms with van der Waals surface area (Å²) >= 11 is 0. The molecule has 148 valence electrons. The minimum Gasteiger partial charge on any atom is -0.457 e. The molecule has 2 amide bonds. The topological polar surface area (TPSA) is 89.7 Å². The van der Waals surface area contributed by atoms with E-state index in [1.54, 1.807) is 31.3 Å². The number of amides is 2. The summed E-state index contributed by atoms with van der Waals surface area (Å²) in [6.07, 6.45) is 3.52. The van der Waals surface area contributed by atoms with Crippen LogP contribution in [0.1, 0.15) is 38.5 Å². The molecule has 0 aliphatic heterocycles. The van der Waals surface area contributed by atoms with E-state index in [0.717, 1.165) is 25.0 Å². The molecule has 0 aliphatic carbocycles. The number of hydrogen-bond acceptors (Lipinski definition) is 4. The lowest BCUT2D eigenvalue weighted by Gasteiger charge is -2.17. The number of hydrogen-bond donors (Lipinski definition) is 1. The minimum atomic E-state index is -0.533. The Labute approximate surface area is 165 Å². The number of ether oxygens (including phenoxy) is 1. The minimum absolute atomic E-state index is 0.203. The first kappa shape index (κ1) is 21.2. The highest BCUT2D eigenvalue weighted by Crippen LogP contribution is 2.24. The normalized spacial score (nSPS) is 10.3. The van der Waals surface area contributed by atoms with Crippen molar-refractivity contribution in [2.75, 3.05) is 11.9 Å². The van der Waals surface area contributed by atoms with Gasteiger partial charge in [0.1, 0.15) is 11.5 Å². The van der Waals surface area contributed by atoms with E-state index >= 15 is 0 Å². The lowest BCUT2D eigenvalue weighted by atomic mass is 10.1. The molecule has 0 heterocycles. The van der Waals surface area contributed by atoms with Gasteiger partial charge in [-0.25, -0.2) is 0 Å². The van der Waals surface area contributed by atoms with Gasteiger partial charge < -0.3 is 15.4 Å². The Morgan fingerprint density at radius 2 is 1.39 bits per heavy atom. The number of nitrogens with zero attached hydrogens (tertiary/aromatic N) is 1. The van der Waals surface area contributed by atoms with Gasteiger partial charge in [0.05, 0.1) is 0 Å². The molecule has 0 radical (unpaired) electrons. The number of nitrogens with two attached hydrogens (primary N) is 1. The Kier molecular flexibility index (Phi) is 8.21. The van der Waals surface area contributed by atoms with Gasteiger partial charge in [-0.15, -0.1) is 0 Å². The standard InChI is InChI=1S/C22H26N2O4/c1-24(22(27)20(25)11-7-2-3-8-12-21(23)26)17-13-15-19(16-14-17)28-18-9-5-4-6-10-18/h4-6,9-10,13-16H,2-3,7-8,11-12H2,1H3,(H2,23,26). The van der Waals surface area contributed by atoms with Crippen LogP contribution in [0.4, 0.5) is 5.69 Å². The summed E-state index contributed by atoms with van der Waals surface area (Å²) in [5.74, 6) is 0.118. The van der Waals surface area contributed by atoms with Crippen molar-refractivity contribution in [3.05, 3.63) is 54.6 Å². The van der Waals surface area contributed by atoms with Gasteiger partial charge in [0.2, 0.25) is 11.7 Å².